The highest BCUT2D eigenvalue weighted by atomic mass is 16.3. The molecule has 0 spiro atoms. The lowest BCUT2D eigenvalue weighted by molar-refractivity contribution is -0.128. The summed E-state index contributed by atoms with van der Waals surface area (Å²) in [4.78, 5) is 29.4. The first-order valence-corrected chi connectivity index (χ1v) is 12.0. The third-order valence-electron chi connectivity index (χ3n) is 6.41. The van der Waals surface area contributed by atoms with Crippen molar-refractivity contribution in [2.75, 3.05) is 4.90 Å². The predicted molar refractivity (Wildman–Crippen MR) is 140 cm³/mol. The van der Waals surface area contributed by atoms with Crippen LogP contribution in [0.25, 0.3) is 11.0 Å². The zero-order valence-electron chi connectivity index (χ0n) is 21.0. The molecule has 1 atom stereocenters. The SMILES string of the molecule is CCC(C)(C)NC(=O)[C@@H](c1ccc(O)cc1)N(C(=O)Cn1nnc2ccccc21)c1ccccc1C. The smallest absolute Gasteiger partial charge is 0.249 e. The Morgan fingerprint density at radius 1 is 1.03 bits per heavy atom. The first-order valence-electron chi connectivity index (χ1n) is 12.0. The number of nitrogens with one attached hydrogen (secondary N) is 1. The number of rotatable bonds is 8. The van der Waals surface area contributed by atoms with Crippen LogP contribution < -0.4 is 10.2 Å². The molecule has 0 aliphatic rings. The van der Waals surface area contributed by atoms with Crippen LogP contribution in [0.15, 0.2) is 72.8 Å². The number of nitrogens with zero attached hydrogens (tertiary/aromatic N) is 4. The van der Waals surface area contributed by atoms with Gasteiger partial charge in [-0.15, -0.1) is 5.10 Å². The molecule has 0 unspecified atom stereocenters. The predicted octanol–water partition coefficient (Wildman–Crippen LogP) is 4.52. The van der Waals surface area contributed by atoms with E-state index in [1.807, 2.05) is 76.2 Å². The highest BCUT2D eigenvalue weighted by molar-refractivity contribution is 6.02. The van der Waals surface area contributed by atoms with Crippen LogP contribution in [0, 0.1) is 6.92 Å². The van der Waals surface area contributed by atoms with Crippen LogP contribution in [-0.4, -0.2) is 37.5 Å². The molecule has 0 bridgehead atoms. The number of carbonyl (C=O) groups is 2. The highest BCUT2D eigenvalue weighted by Gasteiger charge is 2.35. The van der Waals surface area contributed by atoms with Crippen molar-refractivity contribution in [1.82, 2.24) is 20.3 Å². The summed E-state index contributed by atoms with van der Waals surface area (Å²) in [5.41, 5.74) is 2.99. The molecule has 1 heterocycles. The number of phenols is 1. The van der Waals surface area contributed by atoms with E-state index in [9.17, 15) is 14.7 Å². The molecule has 8 heteroatoms. The molecule has 3 aromatic carbocycles. The van der Waals surface area contributed by atoms with Gasteiger partial charge in [-0.2, -0.15) is 0 Å². The number of phenolic OH excluding ortho intramolecular Hbond substituents is 1. The summed E-state index contributed by atoms with van der Waals surface area (Å²) in [5, 5.41) is 21.3. The van der Waals surface area contributed by atoms with Crippen LogP contribution >= 0.6 is 0 Å². The van der Waals surface area contributed by atoms with Gasteiger partial charge < -0.3 is 10.4 Å². The maximum absolute atomic E-state index is 14.0. The average molecular weight is 486 g/mol. The molecule has 36 heavy (non-hydrogen) atoms. The molecule has 1 aromatic heterocycles. The average Bonchev–Trinajstić information content (AvgIpc) is 3.26. The minimum absolute atomic E-state index is 0.0784. The molecule has 0 saturated carbocycles. The van der Waals surface area contributed by atoms with Crippen LogP contribution in [0.4, 0.5) is 5.69 Å². The number of benzene rings is 3. The minimum Gasteiger partial charge on any atom is -0.508 e. The van der Waals surface area contributed by atoms with Crippen molar-refractivity contribution >= 4 is 28.5 Å². The van der Waals surface area contributed by atoms with Crippen molar-refractivity contribution in [3.05, 3.63) is 83.9 Å². The van der Waals surface area contributed by atoms with Gasteiger partial charge in [0.05, 0.1) is 5.52 Å². The van der Waals surface area contributed by atoms with Gasteiger partial charge in [0.25, 0.3) is 0 Å². The Labute approximate surface area is 210 Å². The summed E-state index contributed by atoms with van der Waals surface area (Å²) in [5.74, 6) is -0.551. The number of hydrogen-bond acceptors (Lipinski definition) is 5. The van der Waals surface area contributed by atoms with E-state index >= 15 is 0 Å². The topological polar surface area (TPSA) is 100 Å². The normalized spacial score (nSPS) is 12.3. The van der Waals surface area contributed by atoms with Crippen molar-refractivity contribution in [2.24, 2.45) is 0 Å². The summed E-state index contributed by atoms with van der Waals surface area (Å²) >= 11 is 0. The van der Waals surface area contributed by atoms with Crippen LogP contribution in [0.1, 0.15) is 44.4 Å². The Morgan fingerprint density at radius 2 is 1.69 bits per heavy atom. The Morgan fingerprint density at radius 3 is 2.39 bits per heavy atom. The quantitative estimate of drug-likeness (QED) is 0.382. The Hall–Kier alpha value is -4.20. The molecular weight excluding hydrogens is 454 g/mol. The molecule has 8 nitrogen and oxygen atoms in total. The minimum atomic E-state index is -0.972. The summed E-state index contributed by atoms with van der Waals surface area (Å²) < 4.78 is 1.55. The second kappa shape index (κ2) is 10.2. The number of hydrogen-bond donors (Lipinski definition) is 2. The fraction of sp³-hybridized carbons (Fsp3) is 0.286. The Bertz CT molecular complexity index is 1380. The van der Waals surface area contributed by atoms with E-state index in [1.54, 1.807) is 16.8 Å². The number of aryl methyl sites for hydroxylation is 1. The van der Waals surface area contributed by atoms with E-state index in [0.29, 0.717) is 23.2 Å². The van der Waals surface area contributed by atoms with Gasteiger partial charge in [0, 0.05) is 11.2 Å². The van der Waals surface area contributed by atoms with E-state index < -0.39 is 11.6 Å². The maximum Gasteiger partial charge on any atom is 0.249 e. The van der Waals surface area contributed by atoms with Crippen molar-refractivity contribution in [1.29, 1.82) is 0 Å². The van der Waals surface area contributed by atoms with Gasteiger partial charge in [0.2, 0.25) is 11.8 Å². The van der Waals surface area contributed by atoms with Gasteiger partial charge in [-0.05, 0) is 68.7 Å². The highest BCUT2D eigenvalue weighted by Crippen LogP contribution is 2.32. The standard InChI is InChI=1S/C28H31N5O3/c1-5-28(3,4)29-27(36)26(20-14-16-21(34)17-15-20)33(23-12-8-6-10-19(23)2)25(35)18-32-24-13-9-7-11-22(24)30-31-32/h6-17,26,34H,5,18H2,1-4H3,(H,29,36)/t26-/m1/s1. The van der Waals surface area contributed by atoms with Gasteiger partial charge >= 0.3 is 0 Å². The lowest BCUT2D eigenvalue weighted by atomic mass is 9.97. The third-order valence-corrected chi connectivity index (χ3v) is 6.41. The zero-order chi connectivity index (χ0) is 25.9. The fourth-order valence-corrected chi connectivity index (χ4v) is 4.05. The summed E-state index contributed by atoms with van der Waals surface area (Å²) in [6, 6.07) is 20.3. The molecule has 2 N–H and O–H groups in total. The molecule has 0 radical (unpaired) electrons. The third kappa shape index (κ3) is 5.22. The first kappa shape index (κ1) is 24.9. The molecular formula is C28H31N5O3. The molecule has 0 saturated heterocycles. The maximum atomic E-state index is 14.0. The number of amides is 2. The molecule has 4 aromatic rings. The largest absolute Gasteiger partial charge is 0.508 e. The number of para-hydroxylation sites is 2. The molecule has 0 fully saturated rings. The fourth-order valence-electron chi connectivity index (χ4n) is 4.05. The Balaban J connectivity index is 1.83. The number of aromatic nitrogens is 3. The first-order chi connectivity index (χ1) is 17.2. The molecule has 0 aliphatic heterocycles. The van der Waals surface area contributed by atoms with E-state index in [4.69, 9.17) is 0 Å². The van der Waals surface area contributed by atoms with E-state index in [0.717, 1.165) is 11.1 Å². The number of aromatic hydroxyl groups is 1. The van der Waals surface area contributed by atoms with Gasteiger partial charge in [0.15, 0.2) is 0 Å². The van der Waals surface area contributed by atoms with Crippen LogP contribution in [-0.2, 0) is 16.1 Å². The number of fused-ring (bicyclic) bond motifs is 1. The van der Waals surface area contributed by atoms with E-state index in [2.05, 4.69) is 15.6 Å². The van der Waals surface area contributed by atoms with Crippen LogP contribution in [0.2, 0.25) is 0 Å². The summed E-state index contributed by atoms with van der Waals surface area (Å²) in [6.45, 7) is 7.69. The van der Waals surface area contributed by atoms with Crippen LogP contribution in [0.5, 0.6) is 5.75 Å². The van der Waals surface area contributed by atoms with Gasteiger partial charge in [-0.25, -0.2) is 4.68 Å². The summed E-state index contributed by atoms with van der Waals surface area (Å²) in [6.07, 6.45) is 0.713. The lowest BCUT2D eigenvalue weighted by Crippen LogP contribution is -2.51. The van der Waals surface area contributed by atoms with Gasteiger partial charge in [-0.1, -0.05) is 54.6 Å². The number of anilines is 1. The molecule has 0 aliphatic carbocycles. The Kier molecular flexibility index (Phi) is 7.05. The second-order valence-electron chi connectivity index (χ2n) is 9.51. The van der Waals surface area contributed by atoms with Crippen LogP contribution in [0.3, 0.4) is 0 Å². The second-order valence-corrected chi connectivity index (χ2v) is 9.51. The van der Waals surface area contributed by atoms with Gasteiger partial charge in [0.1, 0.15) is 23.9 Å². The molecule has 2 amide bonds. The number of carbonyl (C=O) groups excluding carboxylic acids is 2. The van der Waals surface area contributed by atoms with Crippen molar-refractivity contribution in [3.63, 3.8) is 0 Å². The van der Waals surface area contributed by atoms with E-state index in [1.165, 1.54) is 17.0 Å². The zero-order valence-corrected chi connectivity index (χ0v) is 21.0. The van der Waals surface area contributed by atoms with Crippen molar-refractivity contribution in [3.8, 4) is 5.75 Å². The van der Waals surface area contributed by atoms with Crippen molar-refractivity contribution < 1.29 is 14.7 Å². The van der Waals surface area contributed by atoms with Crippen molar-refractivity contribution in [2.45, 2.75) is 52.2 Å². The molecule has 4 rings (SSSR count). The van der Waals surface area contributed by atoms with E-state index in [-0.39, 0.29) is 24.1 Å². The molecule has 186 valence electrons. The monoisotopic (exact) mass is 485 g/mol. The van der Waals surface area contributed by atoms with Gasteiger partial charge in [-0.3, -0.25) is 14.5 Å². The summed E-state index contributed by atoms with van der Waals surface area (Å²) in [7, 11) is 0. The lowest BCUT2D eigenvalue weighted by Gasteiger charge is -2.35.